The molecule has 0 bridgehead atoms. The molecule has 0 spiro atoms. The maximum atomic E-state index is 4.16. The summed E-state index contributed by atoms with van der Waals surface area (Å²) in [4.78, 5) is 7.10. The van der Waals surface area contributed by atoms with E-state index in [4.69, 9.17) is 0 Å². The van der Waals surface area contributed by atoms with E-state index in [1.54, 1.807) is 23.9 Å². The third kappa shape index (κ3) is 5.09. The van der Waals surface area contributed by atoms with Crippen LogP contribution in [-0.4, -0.2) is 43.0 Å². The Hall–Kier alpha value is -1.14. The zero-order valence-electron chi connectivity index (χ0n) is 9.49. The molecule has 6 heteroatoms. The number of nitrogens with zero attached hydrogens (tertiary/aromatic N) is 4. The van der Waals surface area contributed by atoms with Gasteiger partial charge in [-0.2, -0.15) is 5.10 Å². The van der Waals surface area contributed by atoms with E-state index < -0.39 is 0 Å². The third-order valence-corrected chi connectivity index (χ3v) is 2.81. The lowest BCUT2D eigenvalue weighted by Gasteiger charge is -2.01. The molecule has 0 aromatic carbocycles. The average molecular weight is 254 g/mol. The molecule has 0 amide bonds. The first-order chi connectivity index (χ1) is 7.72. The van der Waals surface area contributed by atoms with E-state index in [0.29, 0.717) is 5.17 Å². The second-order valence-corrected chi connectivity index (χ2v) is 4.81. The van der Waals surface area contributed by atoms with E-state index in [2.05, 4.69) is 15.2 Å². The van der Waals surface area contributed by atoms with Gasteiger partial charge in [-0.3, -0.25) is 0 Å². The summed E-state index contributed by atoms with van der Waals surface area (Å²) in [5, 5.41) is 10.6. The fourth-order valence-corrected chi connectivity index (χ4v) is 1.64. The topological polar surface area (TPSA) is 40.3 Å². The number of aliphatic imine (C=N–C) groups is 1. The molecule has 16 heavy (non-hydrogen) atoms. The zero-order valence-corrected chi connectivity index (χ0v) is 11.1. The Kier molecular flexibility index (Phi) is 5.81. The largest absolute Gasteiger partial charge is 0.369 e. The van der Waals surface area contributed by atoms with E-state index in [1.165, 1.54) is 11.8 Å². The van der Waals surface area contributed by atoms with Crippen LogP contribution in [0, 0.1) is 0 Å². The van der Waals surface area contributed by atoms with Gasteiger partial charge in [0.1, 0.15) is 0 Å². The number of hydrogen-bond acceptors (Lipinski definition) is 4. The predicted octanol–water partition coefficient (Wildman–Crippen LogP) is 2.39. The highest BCUT2D eigenvalue weighted by Gasteiger charge is 1.91. The van der Waals surface area contributed by atoms with Crippen molar-refractivity contribution in [2.24, 2.45) is 15.2 Å². The van der Waals surface area contributed by atoms with E-state index in [0.717, 1.165) is 4.88 Å². The summed E-state index contributed by atoms with van der Waals surface area (Å²) >= 11 is 3.09. The van der Waals surface area contributed by atoms with Crippen molar-refractivity contribution in [3.8, 4) is 0 Å². The summed E-state index contributed by atoms with van der Waals surface area (Å²) in [6.45, 7) is 0. The van der Waals surface area contributed by atoms with Crippen molar-refractivity contribution >= 4 is 40.8 Å². The predicted molar refractivity (Wildman–Crippen MR) is 75.0 cm³/mol. The second-order valence-electron chi connectivity index (χ2n) is 3.05. The Morgan fingerprint density at radius 3 is 2.88 bits per heavy atom. The molecule has 4 nitrogen and oxygen atoms in total. The van der Waals surface area contributed by atoms with Crippen LogP contribution < -0.4 is 0 Å². The van der Waals surface area contributed by atoms with Crippen molar-refractivity contribution in [1.29, 1.82) is 0 Å². The SMILES string of the molecule is CS/C(N=CN(C)C)=N/N=C/c1cccs1. The van der Waals surface area contributed by atoms with Crippen LogP contribution in [0.3, 0.4) is 0 Å². The molecule has 1 aromatic heterocycles. The Bertz CT molecular complexity index is 380. The fourth-order valence-electron chi connectivity index (χ4n) is 0.784. The highest BCUT2D eigenvalue weighted by molar-refractivity contribution is 8.13. The van der Waals surface area contributed by atoms with Crippen LogP contribution in [0.15, 0.2) is 32.7 Å². The number of hydrogen-bond donors (Lipinski definition) is 0. The molecule has 0 saturated carbocycles. The molecule has 1 aromatic rings. The van der Waals surface area contributed by atoms with Crippen molar-refractivity contribution in [2.75, 3.05) is 20.4 Å². The van der Waals surface area contributed by atoms with E-state index in [-0.39, 0.29) is 0 Å². The van der Waals surface area contributed by atoms with Crippen molar-refractivity contribution < 1.29 is 0 Å². The van der Waals surface area contributed by atoms with E-state index >= 15 is 0 Å². The summed E-state index contributed by atoms with van der Waals surface area (Å²) in [5.74, 6) is 0. The molecule has 1 rings (SSSR count). The summed E-state index contributed by atoms with van der Waals surface area (Å²) in [6, 6.07) is 3.97. The van der Waals surface area contributed by atoms with Crippen LogP contribution in [0.25, 0.3) is 0 Å². The number of thioether (sulfide) groups is 1. The van der Waals surface area contributed by atoms with Gasteiger partial charge in [0.05, 0.1) is 12.6 Å². The summed E-state index contributed by atoms with van der Waals surface area (Å²) in [5.41, 5.74) is 0. The Balaban J connectivity index is 2.59. The summed E-state index contributed by atoms with van der Waals surface area (Å²) in [6.07, 6.45) is 5.36. The third-order valence-electron chi connectivity index (χ3n) is 1.45. The lowest BCUT2D eigenvalue weighted by atomic mass is 10.5. The smallest absolute Gasteiger partial charge is 0.210 e. The van der Waals surface area contributed by atoms with Crippen LogP contribution in [0.2, 0.25) is 0 Å². The van der Waals surface area contributed by atoms with Crippen LogP contribution in [0.4, 0.5) is 0 Å². The molecule has 0 N–H and O–H groups in total. The molecule has 0 aliphatic heterocycles. The van der Waals surface area contributed by atoms with Crippen LogP contribution >= 0.6 is 23.1 Å². The van der Waals surface area contributed by atoms with Gasteiger partial charge in [0.15, 0.2) is 0 Å². The minimum Gasteiger partial charge on any atom is -0.369 e. The maximum Gasteiger partial charge on any atom is 0.210 e. The zero-order chi connectivity index (χ0) is 11.8. The number of amidine groups is 1. The summed E-state index contributed by atoms with van der Waals surface area (Å²) < 4.78 is 0. The van der Waals surface area contributed by atoms with Crippen molar-refractivity contribution in [3.63, 3.8) is 0 Å². The molecular formula is C10H14N4S2. The first kappa shape index (κ1) is 12.9. The molecule has 0 unspecified atom stereocenters. The maximum absolute atomic E-state index is 4.16. The molecule has 0 aliphatic rings. The summed E-state index contributed by atoms with van der Waals surface area (Å²) in [7, 11) is 3.83. The van der Waals surface area contributed by atoms with Crippen LogP contribution in [0.1, 0.15) is 4.88 Å². The van der Waals surface area contributed by atoms with Crippen molar-refractivity contribution in [1.82, 2.24) is 4.90 Å². The van der Waals surface area contributed by atoms with Gasteiger partial charge < -0.3 is 4.90 Å². The van der Waals surface area contributed by atoms with Crippen LogP contribution in [-0.2, 0) is 0 Å². The first-order valence-corrected chi connectivity index (χ1v) is 6.72. The van der Waals surface area contributed by atoms with Gasteiger partial charge in [-0.05, 0) is 17.7 Å². The van der Waals surface area contributed by atoms with Gasteiger partial charge in [0, 0.05) is 19.0 Å². The minimum absolute atomic E-state index is 0.640. The highest BCUT2D eigenvalue weighted by atomic mass is 32.2. The lowest BCUT2D eigenvalue weighted by Crippen LogP contribution is -2.08. The Morgan fingerprint density at radius 2 is 2.31 bits per heavy atom. The second kappa shape index (κ2) is 7.19. The highest BCUT2D eigenvalue weighted by Crippen LogP contribution is 2.05. The minimum atomic E-state index is 0.640. The first-order valence-electron chi connectivity index (χ1n) is 4.61. The van der Waals surface area contributed by atoms with Gasteiger partial charge in [-0.15, -0.1) is 16.4 Å². The molecule has 0 aliphatic carbocycles. The molecular weight excluding hydrogens is 240 g/mol. The molecule has 0 atom stereocenters. The number of rotatable bonds is 3. The molecule has 0 saturated heterocycles. The average Bonchev–Trinajstić information content (AvgIpc) is 2.75. The molecule has 86 valence electrons. The molecule has 0 fully saturated rings. The van der Waals surface area contributed by atoms with Gasteiger partial charge in [0.2, 0.25) is 5.17 Å². The van der Waals surface area contributed by atoms with Crippen molar-refractivity contribution in [3.05, 3.63) is 22.4 Å². The Labute approximate surface area is 104 Å². The van der Waals surface area contributed by atoms with Gasteiger partial charge >= 0.3 is 0 Å². The molecule has 1 heterocycles. The quantitative estimate of drug-likeness (QED) is 0.472. The monoisotopic (exact) mass is 254 g/mol. The fraction of sp³-hybridized carbons (Fsp3) is 0.300. The number of thiophene rings is 1. The van der Waals surface area contributed by atoms with Gasteiger partial charge in [-0.1, -0.05) is 17.8 Å². The van der Waals surface area contributed by atoms with E-state index in [9.17, 15) is 0 Å². The lowest BCUT2D eigenvalue weighted by molar-refractivity contribution is 0.644. The normalized spacial score (nSPS) is 12.8. The van der Waals surface area contributed by atoms with Gasteiger partial charge in [-0.25, -0.2) is 4.99 Å². The Morgan fingerprint density at radius 1 is 1.50 bits per heavy atom. The molecule has 0 radical (unpaired) electrons. The van der Waals surface area contributed by atoms with Crippen LogP contribution in [0.5, 0.6) is 0 Å². The van der Waals surface area contributed by atoms with E-state index in [1.807, 2.05) is 42.8 Å². The van der Waals surface area contributed by atoms with Crippen molar-refractivity contribution in [2.45, 2.75) is 0 Å². The standard InChI is InChI=1S/C10H14N4S2/c1-14(2)8-11-10(15-3)13-12-7-9-5-4-6-16-9/h4-8H,1-3H3/b11-8?,12-7+,13-10+. The van der Waals surface area contributed by atoms with Gasteiger partial charge in [0.25, 0.3) is 0 Å².